The molecular weight excluding hydrogens is 508 g/mol. The number of likely N-dealkylation sites (tertiary alicyclic amines) is 1. The number of hydrogen-bond donors (Lipinski definition) is 3. The van der Waals surface area contributed by atoms with Crippen LogP contribution in [-0.4, -0.2) is 61.5 Å². The van der Waals surface area contributed by atoms with Gasteiger partial charge in [0.15, 0.2) is 11.5 Å². The van der Waals surface area contributed by atoms with Gasteiger partial charge in [0.1, 0.15) is 22.7 Å². The van der Waals surface area contributed by atoms with E-state index in [0.29, 0.717) is 65.7 Å². The van der Waals surface area contributed by atoms with Crippen LogP contribution >= 0.6 is 0 Å². The Hall–Kier alpha value is -4.98. The molecule has 4 aromatic rings. The van der Waals surface area contributed by atoms with Gasteiger partial charge in [0.25, 0.3) is 5.91 Å². The highest BCUT2D eigenvalue weighted by Gasteiger charge is 2.60. The van der Waals surface area contributed by atoms with Crippen LogP contribution < -0.4 is 15.4 Å². The topological polar surface area (TPSA) is 129 Å². The van der Waals surface area contributed by atoms with Crippen LogP contribution in [0.1, 0.15) is 41.6 Å². The van der Waals surface area contributed by atoms with Gasteiger partial charge in [-0.2, -0.15) is 5.10 Å². The van der Waals surface area contributed by atoms with Crippen molar-refractivity contribution in [2.45, 2.75) is 44.2 Å². The van der Waals surface area contributed by atoms with E-state index in [1.165, 1.54) is 0 Å². The second kappa shape index (κ2) is 10.3. The molecule has 1 aliphatic carbocycles. The summed E-state index contributed by atoms with van der Waals surface area (Å²) in [5.41, 5.74) is 1.21. The minimum atomic E-state index is -0.834. The van der Waals surface area contributed by atoms with Gasteiger partial charge in [-0.3, -0.25) is 19.5 Å². The second-order valence-electron chi connectivity index (χ2n) is 10.3. The van der Waals surface area contributed by atoms with Gasteiger partial charge in [0.2, 0.25) is 0 Å². The third-order valence-electron chi connectivity index (χ3n) is 7.31. The molecule has 0 unspecified atom stereocenters. The Balaban J connectivity index is 1.16. The van der Waals surface area contributed by atoms with Gasteiger partial charge in [-0.25, -0.2) is 16.5 Å². The average molecular weight is 537 g/mol. The Labute approximate surface area is 230 Å². The Bertz CT molecular complexity index is 1620. The Morgan fingerprint density at radius 1 is 1.15 bits per heavy atom. The summed E-state index contributed by atoms with van der Waals surface area (Å²) in [5.74, 6) is 1.86. The lowest BCUT2D eigenvalue weighted by atomic mass is 10.0. The van der Waals surface area contributed by atoms with E-state index in [1.54, 1.807) is 48.8 Å². The Morgan fingerprint density at radius 2 is 1.95 bits per heavy atom. The van der Waals surface area contributed by atoms with Crippen LogP contribution in [0.25, 0.3) is 15.9 Å². The molecule has 40 heavy (non-hydrogen) atoms. The van der Waals surface area contributed by atoms with E-state index < -0.39 is 5.54 Å². The zero-order chi connectivity index (χ0) is 27.7. The normalized spacial score (nSPS) is 17.6. The van der Waals surface area contributed by atoms with Crippen LogP contribution in [0.4, 0.5) is 11.6 Å². The summed E-state index contributed by atoms with van der Waals surface area (Å²) >= 11 is 0. The number of aryl methyl sites for hydroxylation is 1. The minimum absolute atomic E-state index is 0.0144. The van der Waals surface area contributed by atoms with Gasteiger partial charge < -0.3 is 20.3 Å². The van der Waals surface area contributed by atoms with Crippen molar-refractivity contribution in [3.8, 4) is 11.5 Å². The summed E-state index contributed by atoms with van der Waals surface area (Å²) < 4.78 is 6.19. The molecule has 0 bridgehead atoms. The summed E-state index contributed by atoms with van der Waals surface area (Å²) in [6.07, 6.45) is 6.31. The summed E-state index contributed by atoms with van der Waals surface area (Å²) in [7, 11) is 0. The van der Waals surface area contributed by atoms with Crippen molar-refractivity contribution >= 4 is 34.5 Å². The van der Waals surface area contributed by atoms with Crippen LogP contribution in [0, 0.1) is 13.5 Å². The Morgan fingerprint density at radius 3 is 2.70 bits per heavy atom. The molecule has 1 aromatic carbocycles. The molecule has 0 spiro atoms. The maximum Gasteiger partial charge on any atom is 0.309 e. The SMILES string of the molecule is [C-]#[N+]C1(C(=O)N2CCC[C@@H](Nc3n[nH]c4nccc(Oc5ccc(C(=O)Nc6cc(C)ccn6)cc5)c34)C2)CC1. The van der Waals surface area contributed by atoms with Crippen LogP contribution in [0.2, 0.25) is 0 Å². The number of anilines is 2. The van der Waals surface area contributed by atoms with Gasteiger partial charge in [-0.1, -0.05) is 0 Å². The number of nitrogens with zero attached hydrogens (tertiary/aromatic N) is 5. The quantitative estimate of drug-likeness (QED) is 0.295. The molecule has 6 rings (SSSR count). The number of ether oxygens (including phenoxy) is 1. The molecule has 11 heteroatoms. The highest BCUT2D eigenvalue weighted by Crippen LogP contribution is 2.42. The number of carbonyl (C=O) groups excluding carboxylic acids is 2. The number of H-pyrrole nitrogens is 1. The number of pyridine rings is 2. The fourth-order valence-electron chi connectivity index (χ4n) is 4.97. The highest BCUT2D eigenvalue weighted by molar-refractivity contribution is 6.03. The molecule has 1 saturated heterocycles. The molecule has 2 amide bonds. The zero-order valence-electron chi connectivity index (χ0n) is 22.0. The first kappa shape index (κ1) is 25.3. The largest absolute Gasteiger partial charge is 0.456 e. The monoisotopic (exact) mass is 536 g/mol. The van der Waals surface area contributed by atoms with E-state index >= 15 is 0 Å². The van der Waals surface area contributed by atoms with Crippen molar-refractivity contribution < 1.29 is 14.3 Å². The van der Waals surface area contributed by atoms with Crippen molar-refractivity contribution in [1.82, 2.24) is 25.1 Å². The van der Waals surface area contributed by atoms with Crippen LogP contribution in [0.5, 0.6) is 11.5 Å². The van der Waals surface area contributed by atoms with Gasteiger partial charge in [-0.15, -0.1) is 0 Å². The molecule has 4 heterocycles. The molecule has 3 aromatic heterocycles. The standard InChI is InChI=1S/C29H28N8O3/c1-18-9-13-31-23(16-18)34-27(38)19-5-7-21(8-6-19)40-22-10-14-32-25-24(22)26(36-35-25)33-20-4-3-15-37(17-20)28(39)29(30-2)11-12-29/h5-10,13-14,16,20H,3-4,11-12,15,17H2,1H3,(H,31,34,38)(H2,32,33,35,36)/t20-/m1/s1. The lowest BCUT2D eigenvalue weighted by Gasteiger charge is -2.33. The van der Waals surface area contributed by atoms with Crippen molar-refractivity contribution in [1.29, 1.82) is 0 Å². The van der Waals surface area contributed by atoms with Crippen LogP contribution in [0.15, 0.2) is 54.9 Å². The number of nitrogens with one attached hydrogen (secondary N) is 3. The first-order valence-electron chi connectivity index (χ1n) is 13.2. The molecule has 0 radical (unpaired) electrons. The summed E-state index contributed by atoms with van der Waals surface area (Å²) in [4.78, 5) is 39.5. The molecular formula is C29H28N8O3. The number of rotatable bonds is 7. The number of hydrogen-bond acceptors (Lipinski definition) is 7. The van der Waals surface area contributed by atoms with E-state index in [1.807, 2.05) is 17.9 Å². The molecule has 11 nitrogen and oxygen atoms in total. The second-order valence-corrected chi connectivity index (χ2v) is 10.3. The molecule has 2 aliphatic rings. The minimum Gasteiger partial charge on any atom is -0.456 e. The van der Waals surface area contributed by atoms with Crippen molar-refractivity contribution in [2.24, 2.45) is 0 Å². The fraction of sp³-hybridized carbons (Fsp3) is 0.310. The van der Waals surface area contributed by atoms with Crippen molar-refractivity contribution in [3.05, 3.63) is 77.4 Å². The Kier molecular flexibility index (Phi) is 6.51. The maximum absolute atomic E-state index is 12.9. The third-order valence-corrected chi connectivity index (χ3v) is 7.31. The number of aromatic amines is 1. The maximum atomic E-state index is 12.9. The number of piperidine rings is 1. The summed E-state index contributed by atoms with van der Waals surface area (Å²) in [6, 6.07) is 12.3. The molecule has 3 N–H and O–H groups in total. The van der Waals surface area contributed by atoms with E-state index in [2.05, 4.69) is 35.6 Å². The van der Waals surface area contributed by atoms with E-state index in [0.717, 1.165) is 18.4 Å². The number of fused-ring (bicyclic) bond motifs is 1. The molecule has 1 saturated carbocycles. The number of amides is 2. The van der Waals surface area contributed by atoms with Crippen molar-refractivity contribution in [2.75, 3.05) is 23.7 Å². The molecule has 1 atom stereocenters. The van der Waals surface area contributed by atoms with E-state index in [4.69, 9.17) is 11.3 Å². The molecule has 202 valence electrons. The molecule has 2 fully saturated rings. The lowest BCUT2D eigenvalue weighted by Crippen LogP contribution is -2.48. The third kappa shape index (κ3) is 5.03. The predicted molar refractivity (Wildman–Crippen MR) is 149 cm³/mol. The van der Waals surface area contributed by atoms with Crippen molar-refractivity contribution in [3.63, 3.8) is 0 Å². The average Bonchev–Trinajstić information content (AvgIpc) is 3.67. The van der Waals surface area contributed by atoms with Crippen LogP contribution in [-0.2, 0) is 4.79 Å². The first-order chi connectivity index (χ1) is 19.4. The van der Waals surface area contributed by atoms with Crippen LogP contribution in [0.3, 0.4) is 0 Å². The van der Waals surface area contributed by atoms with Gasteiger partial charge >= 0.3 is 11.4 Å². The first-order valence-corrected chi connectivity index (χ1v) is 13.2. The van der Waals surface area contributed by atoms with E-state index in [9.17, 15) is 9.59 Å². The van der Waals surface area contributed by atoms with Gasteiger partial charge in [0, 0.05) is 56.0 Å². The van der Waals surface area contributed by atoms with E-state index in [-0.39, 0.29) is 17.9 Å². The lowest BCUT2D eigenvalue weighted by molar-refractivity contribution is -0.133. The summed E-state index contributed by atoms with van der Waals surface area (Å²) in [5, 5.41) is 14.3. The zero-order valence-corrected chi connectivity index (χ0v) is 22.0. The van der Waals surface area contributed by atoms with Gasteiger partial charge in [0.05, 0.1) is 0 Å². The molecule has 1 aliphatic heterocycles. The summed E-state index contributed by atoms with van der Waals surface area (Å²) in [6.45, 7) is 10.5. The number of benzene rings is 1. The predicted octanol–water partition coefficient (Wildman–Crippen LogP) is 4.56. The highest BCUT2D eigenvalue weighted by atomic mass is 16.5. The number of carbonyl (C=O) groups is 2. The number of aromatic nitrogens is 4. The smallest absolute Gasteiger partial charge is 0.309 e. The fourth-order valence-corrected chi connectivity index (χ4v) is 4.97. The van der Waals surface area contributed by atoms with Gasteiger partial charge in [-0.05, 0) is 61.7 Å².